The van der Waals surface area contributed by atoms with Crippen molar-refractivity contribution in [2.45, 2.75) is 0 Å². The first kappa shape index (κ1) is 9.24. The van der Waals surface area contributed by atoms with Crippen LogP contribution < -0.4 is 10.9 Å². The third kappa shape index (κ3) is 1.52. The molecule has 4 heteroatoms. The molecule has 2 N–H and O–H groups in total. The summed E-state index contributed by atoms with van der Waals surface area (Å²) in [6, 6.07) is 9.46. The molecule has 0 unspecified atom stereocenters. The summed E-state index contributed by atoms with van der Waals surface area (Å²) in [5.74, 6) is 6.25. The zero-order valence-electron chi connectivity index (χ0n) is 7.74. The number of hydrogen-bond acceptors (Lipinski definition) is 3. The average Bonchev–Trinajstić information content (AvgIpc) is 2.17. The first-order chi connectivity index (χ1) is 6.68. The van der Waals surface area contributed by atoms with Crippen LogP contribution in [-0.4, -0.2) is 12.0 Å². The molecule has 0 atom stereocenters. The molecule has 2 rings (SSSR count). The molecule has 0 aliphatic heterocycles. The summed E-state index contributed by atoms with van der Waals surface area (Å²) in [5, 5.41) is 3.06. The summed E-state index contributed by atoms with van der Waals surface area (Å²) >= 11 is 6.08. The van der Waals surface area contributed by atoms with Crippen LogP contribution in [0.2, 0.25) is 5.02 Å². The van der Waals surface area contributed by atoms with Gasteiger partial charge in [-0.05, 0) is 6.07 Å². The molecule has 0 aliphatic rings. The number of aromatic nitrogens is 1. The van der Waals surface area contributed by atoms with Crippen molar-refractivity contribution in [2.24, 2.45) is 5.84 Å². The Hall–Kier alpha value is -1.32. The molecule has 0 radical (unpaired) electrons. The second kappa shape index (κ2) is 3.44. The molecule has 0 spiro atoms. The van der Waals surface area contributed by atoms with E-state index in [-0.39, 0.29) is 0 Å². The number of nitrogens with zero attached hydrogens (tertiary/aromatic N) is 2. The smallest absolute Gasteiger partial charge is 0.144 e. The molecular formula is C10H10ClN3. The predicted octanol–water partition coefficient (Wildman–Crippen LogP) is 2.20. The number of pyridine rings is 1. The third-order valence-electron chi connectivity index (χ3n) is 2.01. The molecule has 0 amide bonds. The van der Waals surface area contributed by atoms with Gasteiger partial charge in [0.25, 0.3) is 0 Å². The topological polar surface area (TPSA) is 42.1 Å². The van der Waals surface area contributed by atoms with Crippen molar-refractivity contribution in [3.63, 3.8) is 0 Å². The van der Waals surface area contributed by atoms with Crippen LogP contribution in [0.15, 0.2) is 30.3 Å². The van der Waals surface area contributed by atoms with Gasteiger partial charge in [-0.25, -0.2) is 10.8 Å². The molecular weight excluding hydrogens is 198 g/mol. The number of benzene rings is 1. The van der Waals surface area contributed by atoms with E-state index in [4.69, 9.17) is 17.4 Å². The highest BCUT2D eigenvalue weighted by molar-refractivity contribution is 6.35. The van der Waals surface area contributed by atoms with Crippen molar-refractivity contribution in [1.29, 1.82) is 0 Å². The molecule has 0 saturated heterocycles. The van der Waals surface area contributed by atoms with Crippen LogP contribution in [0.1, 0.15) is 0 Å². The van der Waals surface area contributed by atoms with Gasteiger partial charge in [0.2, 0.25) is 0 Å². The van der Waals surface area contributed by atoms with Crippen molar-refractivity contribution in [3.05, 3.63) is 35.4 Å². The molecule has 0 aliphatic carbocycles. The van der Waals surface area contributed by atoms with Crippen LogP contribution in [0.5, 0.6) is 0 Å². The lowest BCUT2D eigenvalue weighted by molar-refractivity contribution is 0.986. The molecule has 14 heavy (non-hydrogen) atoms. The molecule has 2 aromatic rings. The second-order valence-corrected chi connectivity index (χ2v) is 3.50. The van der Waals surface area contributed by atoms with Gasteiger partial charge in [0, 0.05) is 18.5 Å². The van der Waals surface area contributed by atoms with E-state index in [1.807, 2.05) is 24.3 Å². The van der Waals surface area contributed by atoms with E-state index in [1.165, 1.54) is 5.01 Å². The number of nitrogens with two attached hydrogens (primary N) is 1. The van der Waals surface area contributed by atoms with Crippen LogP contribution in [0.25, 0.3) is 10.9 Å². The number of fused-ring (bicyclic) bond motifs is 1. The van der Waals surface area contributed by atoms with Gasteiger partial charge in [-0.2, -0.15) is 0 Å². The highest BCUT2D eigenvalue weighted by Gasteiger charge is 2.04. The van der Waals surface area contributed by atoms with E-state index in [1.54, 1.807) is 13.1 Å². The Kier molecular flexibility index (Phi) is 2.27. The number of hydrogen-bond donors (Lipinski definition) is 1. The normalized spacial score (nSPS) is 10.5. The first-order valence-corrected chi connectivity index (χ1v) is 4.60. The molecule has 72 valence electrons. The summed E-state index contributed by atoms with van der Waals surface area (Å²) in [6.45, 7) is 0. The quantitative estimate of drug-likeness (QED) is 0.576. The van der Waals surface area contributed by atoms with Gasteiger partial charge < -0.3 is 0 Å². The Labute approximate surface area is 87.1 Å². The van der Waals surface area contributed by atoms with E-state index in [0.717, 1.165) is 10.9 Å². The van der Waals surface area contributed by atoms with Gasteiger partial charge in [-0.15, -0.1) is 0 Å². The molecule has 1 aromatic heterocycles. The number of halogens is 1. The Balaban J connectivity index is 2.72. The maximum absolute atomic E-state index is 6.08. The van der Waals surface area contributed by atoms with Gasteiger partial charge in [-0.3, -0.25) is 5.01 Å². The van der Waals surface area contributed by atoms with E-state index in [2.05, 4.69) is 4.98 Å². The zero-order chi connectivity index (χ0) is 10.1. The van der Waals surface area contributed by atoms with E-state index < -0.39 is 0 Å². The molecule has 3 nitrogen and oxygen atoms in total. The SMILES string of the molecule is CN(N)c1cc(Cl)c2ccccc2n1. The summed E-state index contributed by atoms with van der Waals surface area (Å²) in [4.78, 5) is 4.35. The second-order valence-electron chi connectivity index (χ2n) is 3.09. The lowest BCUT2D eigenvalue weighted by Crippen LogP contribution is -2.25. The molecule has 1 heterocycles. The van der Waals surface area contributed by atoms with Gasteiger partial charge in [0.1, 0.15) is 5.82 Å². The fourth-order valence-electron chi connectivity index (χ4n) is 1.30. The van der Waals surface area contributed by atoms with Crippen molar-refractivity contribution >= 4 is 28.3 Å². The highest BCUT2D eigenvalue weighted by Crippen LogP contribution is 2.25. The van der Waals surface area contributed by atoms with Crippen molar-refractivity contribution in [2.75, 3.05) is 12.1 Å². The monoisotopic (exact) mass is 207 g/mol. The molecule has 1 aromatic carbocycles. The molecule has 0 bridgehead atoms. The molecule has 0 saturated carbocycles. The van der Waals surface area contributed by atoms with Crippen molar-refractivity contribution in [1.82, 2.24) is 4.98 Å². The van der Waals surface area contributed by atoms with Crippen molar-refractivity contribution in [3.8, 4) is 0 Å². The Morgan fingerprint density at radius 2 is 2.07 bits per heavy atom. The predicted molar refractivity (Wildman–Crippen MR) is 59.3 cm³/mol. The van der Waals surface area contributed by atoms with Crippen LogP contribution >= 0.6 is 11.6 Å². The largest absolute Gasteiger partial charge is 0.298 e. The maximum Gasteiger partial charge on any atom is 0.144 e. The van der Waals surface area contributed by atoms with E-state index >= 15 is 0 Å². The number of hydrazine groups is 1. The zero-order valence-corrected chi connectivity index (χ0v) is 8.49. The van der Waals surface area contributed by atoms with E-state index in [0.29, 0.717) is 10.8 Å². The summed E-state index contributed by atoms with van der Waals surface area (Å²) in [7, 11) is 1.73. The average molecular weight is 208 g/mol. The number of para-hydroxylation sites is 1. The van der Waals surface area contributed by atoms with Crippen LogP contribution in [0.3, 0.4) is 0 Å². The third-order valence-corrected chi connectivity index (χ3v) is 2.33. The molecule has 0 fully saturated rings. The Morgan fingerprint density at radius 1 is 1.36 bits per heavy atom. The summed E-state index contributed by atoms with van der Waals surface area (Å²) in [6.07, 6.45) is 0. The number of rotatable bonds is 1. The van der Waals surface area contributed by atoms with Gasteiger partial charge >= 0.3 is 0 Å². The highest BCUT2D eigenvalue weighted by atomic mass is 35.5. The minimum Gasteiger partial charge on any atom is -0.298 e. The maximum atomic E-state index is 6.08. The standard InChI is InChI=1S/C10H10ClN3/c1-14(12)10-6-8(11)7-4-2-3-5-9(7)13-10/h2-6H,12H2,1H3. The minimum absolute atomic E-state index is 0.661. The van der Waals surface area contributed by atoms with Crippen LogP contribution in [-0.2, 0) is 0 Å². The first-order valence-electron chi connectivity index (χ1n) is 4.22. The lowest BCUT2D eigenvalue weighted by atomic mass is 10.2. The van der Waals surface area contributed by atoms with Gasteiger partial charge in [0.05, 0.1) is 10.5 Å². The Morgan fingerprint density at radius 3 is 2.79 bits per heavy atom. The fourth-order valence-corrected chi connectivity index (χ4v) is 1.56. The fraction of sp³-hybridized carbons (Fsp3) is 0.100. The van der Waals surface area contributed by atoms with Crippen LogP contribution in [0.4, 0.5) is 5.82 Å². The summed E-state index contributed by atoms with van der Waals surface area (Å²) < 4.78 is 0. The van der Waals surface area contributed by atoms with Gasteiger partial charge in [-0.1, -0.05) is 29.8 Å². The van der Waals surface area contributed by atoms with Crippen LogP contribution in [0, 0.1) is 0 Å². The number of anilines is 1. The minimum atomic E-state index is 0.661. The lowest BCUT2D eigenvalue weighted by Gasteiger charge is -2.12. The summed E-state index contributed by atoms with van der Waals surface area (Å²) in [5.41, 5.74) is 0.854. The van der Waals surface area contributed by atoms with Crippen molar-refractivity contribution < 1.29 is 0 Å². The Bertz CT molecular complexity index is 468. The van der Waals surface area contributed by atoms with Gasteiger partial charge in [0.15, 0.2) is 0 Å². The van der Waals surface area contributed by atoms with E-state index in [9.17, 15) is 0 Å².